The Balaban J connectivity index is 2.04. The summed E-state index contributed by atoms with van der Waals surface area (Å²) in [7, 11) is 1.92. The fourth-order valence-electron chi connectivity index (χ4n) is 2.66. The van der Waals surface area contributed by atoms with Gasteiger partial charge in [-0.2, -0.15) is 0 Å². The Labute approximate surface area is 123 Å². The van der Waals surface area contributed by atoms with Gasteiger partial charge in [0, 0.05) is 12.6 Å². The fraction of sp³-hybridized carbons (Fsp3) is 0.167. The molecule has 21 heavy (non-hydrogen) atoms. The zero-order valence-electron chi connectivity index (χ0n) is 12.0. The summed E-state index contributed by atoms with van der Waals surface area (Å²) in [5, 5.41) is 4.38. The molecule has 0 saturated heterocycles. The highest BCUT2D eigenvalue weighted by Crippen LogP contribution is 2.17. The summed E-state index contributed by atoms with van der Waals surface area (Å²) in [4.78, 5) is 12.3. The third-order valence-electron chi connectivity index (χ3n) is 3.81. The SMILES string of the molecule is CNC(Cn1c(=O)ccc2ccccc21)c1ccccc1. The van der Waals surface area contributed by atoms with E-state index in [1.165, 1.54) is 5.56 Å². The zero-order valence-corrected chi connectivity index (χ0v) is 12.0. The maximum absolute atomic E-state index is 12.3. The molecule has 1 aromatic heterocycles. The quantitative estimate of drug-likeness (QED) is 0.796. The maximum atomic E-state index is 12.3. The average molecular weight is 278 g/mol. The summed E-state index contributed by atoms with van der Waals surface area (Å²) >= 11 is 0. The number of rotatable bonds is 4. The number of likely N-dealkylation sites (N-methyl/N-ethyl adjacent to an activating group) is 1. The topological polar surface area (TPSA) is 34.0 Å². The van der Waals surface area contributed by atoms with Gasteiger partial charge in [-0.25, -0.2) is 0 Å². The van der Waals surface area contributed by atoms with Crippen LogP contribution in [0.15, 0.2) is 71.5 Å². The van der Waals surface area contributed by atoms with Crippen molar-refractivity contribution in [3.8, 4) is 0 Å². The van der Waals surface area contributed by atoms with Crippen LogP contribution in [0, 0.1) is 0 Å². The minimum Gasteiger partial charge on any atom is -0.312 e. The van der Waals surface area contributed by atoms with Gasteiger partial charge < -0.3 is 9.88 Å². The lowest BCUT2D eigenvalue weighted by Gasteiger charge is -2.19. The van der Waals surface area contributed by atoms with E-state index in [0.29, 0.717) is 6.54 Å². The first-order valence-electron chi connectivity index (χ1n) is 7.10. The summed E-state index contributed by atoms with van der Waals surface area (Å²) in [5.41, 5.74) is 2.19. The zero-order chi connectivity index (χ0) is 14.7. The van der Waals surface area contributed by atoms with Crippen molar-refractivity contribution in [2.24, 2.45) is 0 Å². The molecule has 0 amide bonds. The van der Waals surface area contributed by atoms with Gasteiger partial charge in [-0.1, -0.05) is 48.5 Å². The van der Waals surface area contributed by atoms with Gasteiger partial charge >= 0.3 is 0 Å². The van der Waals surface area contributed by atoms with Crippen molar-refractivity contribution in [2.45, 2.75) is 12.6 Å². The van der Waals surface area contributed by atoms with Crippen LogP contribution in [0.4, 0.5) is 0 Å². The predicted molar refractivity (Wildman–Crippen MR) is 86.5 cm³/mol. The Hall–Kier alpha value is -2.39. The molecule has 0 aliphatic rings. The summed E-state index contributed by atoms with van der Waals surface area (Å²) in [5.74, 6) is 0. The molecule has 1 N–H and O–H groups in total. The van der Waals surface area contributed by atoms with E-state index in [1.807, 2.05) is 60.1 Å². The first-order chi connectivity index (χ1) is 10.3. The summed E-state index contributed by atoms with van der Waals surface area (Å²) in [6.07, 6.45) is 0. The Morgan fingerprint density at radius 3 is 2.43 bits per heavy atom. The molecule has 0 bridgehead atoms. The number of nitrogens with one attached hydrogen (secondary N) is 1. The largest absolute Gasteiger partial charge is 0.312 e. The standard InChI is InChI=1S/C18H18N2O/c1-19-16(14-7-3-2-4-8-14)13-20-17-10-6-5-9-15(17)11-12-18(20)21/h2-12,16,19H,13H2,1H3. The highest BCUT2D eigenvalue weighted by Gasteiger charge is 2.12. The molecular formula is C18H18N2O. The lowest BCUT2D eigenvalue weighted by molar-refractivity contribution is 0.501. The van der Waals surface area contributed by atoms with Crippen LogP contribution in [0.2, 0.25) is 0 Å². The molecule has 1 heterocycles. The predicted octanol–water partition coefficient (Wildman–Crippen LogP) is 2.96. The van der Waals surface area contributed by atoms with Gasteiger partial charge in [0.05, 0.1) is 11.6 Å². The molecule has 3 heteroatoms. The Morgan fingerprint density at radius 1 is 0.952 bits per heavy atom. The second kappa shape index (κ2) is 5.94. The highest BCUT2D eigenvalue weighted by atomic mass is 16.1. The monoisotopic (exact) mass is 278 g/mol. The molecule has 3 aromatic rings. The van der Waals surface area contributed by atoms with Crippen molar-refractivity contribution in [1.82, 2.24) is 9.88 Å². The Morgan fingerprint density at radius 2 is 1.67 bits per heavy atom. The molecule has 3 rings (SSSR count). The van der Waals surface area contributed by atoms with E-state index >= 15 is 0 Å². The van der Waals surface area contributed by atoms with E-state index in [0.717, 1.165) is 10.9 Å². The van der Waals surface area contributed by atoms with Crippen LogP contribution < -0.4 is 10.9 Å². The van der Waals surface area contributed by atoms with Gasteiger partial charge in [0.25, 0.3) is 5.56 Å². The normalized spacial score (nSPS) is 12.4. The molecule has 0 radical (unpaired) electrons. The fourth-order valence-corrected chi connectivity index (χ4v) is 2.66. The van der Waals surface area contributed by atoms with Crippen LogP contribution in [0.5, 0.6) is 0 Å². The van der Waals surface area contributed by atoms with Crippen LogP contribution >= 0.6 is 0 Å². The molecule has 0 fully saturated rings. The smallest absolute Gasteiger partial charge is 0.251 e. The maximum Gasteiger partial charge on any atom is 0.251 e. The van der Waals surface area contributed by atoms with E-state index in [9.17, 15) is 4.79 Å². The molecule has 0 saturated carbocycles. The van der Waals surface area contributed by atoms with Crippen molar-refractivity contribution >= 4 is 10.9 Å². The molecular weight excluding hydrogens is 260 g/mol. The second-order valence-corrected chi connectivity index (χ2v) is 5.09. The van der Waals surface area contributed by atoms with E-state index in [-0.39, 0.29) is 11.6 Å². The van der Waals surface area contributed by atoms with Gasteiger partial charge in [-0.3, -0.25) is 4.79 Å². The van der Waals surface area contributed by atoms with Crippen LogP contribution in [0.25, 0.3) is 10.9 Å². The Kier molecular flexibility index (Phi) is 3.84. The number of benzene rings is 2. The third-order valence-corrected chi connectivity index (χ3v) is 3.81. The van der Waals surface area contributed by atoms with Crippen LogP contribution in [-0.2, 0) is 6.54 Å². The second-order valence-electron chi connectivity index (χ2n) is 5.09. The number of nitrogens with zero attached hydrogens (tertiary/aromatic N) is 1. The van der Waals surface area contributed by atoms with Crippen LogP contribution in [0.1, 0.15) is 11.6 Å². The van der Waals surface area contributed by atoms with E-state index in [1.54, 1.807) is 6.07 Å². The van der Waals surface area contributed by atoms with E-state index in [4.69, 9.17) is 0 Å². The molecule has 1 unspecified atom stereocenters. The minimum absolute atomic E-state index is 0.0323. The van der Waals surface area contributed by atoms with Crippen molar-refractivity contribution in [3.63, 3.8) is 0 Å². The molecule has 0 aliphatic carbocycles. The summed E-state index contributed by atoms with van der Waals surface area (Å²) in [6, 6.07) is 21.8. The van der Waals surface area contributed by atoms with Gasteiger partial charge in [-0.15, -0.1) is 0 Å². The molecule has 0 aliphatic heterocycles. The number of hydrogen-bond donors (Lipinski definition) is 1. The first kappa shape index (κ1) is 13.6. The molecule has 106 valence electrons. The Bertz CT molecular complexity index is 793. The first-order valence-corrected chi connectivity index (χ1v) is 7.10. The van der Waals surface area contributed by atoms with Crippen LogP contribution in [-0.4, -0.2) is 11.6 Å². The molecule has 0 spiro atoms. The van der Waals surface area contributed by atoms with Crippen molar-refractivity contribution in [3.05, 3.63) is 82.6 Å². The van der Waals surface area contributed by atoms with Gasteiger partial charge in [0.1, 0.15) is 0 Å². The number of hydrogen-bond acceptors (Lipinski definition) is 2. The molecule has 3 nitrogen and oxygen atoms in total. The number of aromatic nitrogens is 1. The molecule has 2 aromatic carbocycles. The van der Waals surface area contributed by atoms with Gasteiger partial charge in [0.15, 0.2) is 0 Å². The lowest BCUT2D eigenvalue weighted by Crippen LogP contribution is -2.28. The molecule has 1 atom stereocenters. The third kappa shape index (κ3) is 2.73. The van der Waals surface area contributed by atoms with Crippen molar-refractivity contribution in [2.75, 3.05) is 7.05 Å². The van der Waals surface area contributed by atoms with Crippen LogP contribution in [0.3, 0.4) is 0 Å². The van der Waals surface area contributed by atoms with Crippen molar-refractivity contribution < 1.29 is 0 Å². The lowest BCUT2D eigenvalue weighted by atomic mass is 10.1. The summed E-state index contributed by atoms with van der Waals surface area (Å²) in [6.45, 7) is 0.612. The minimum atomic E-state index is 0.0323. The average Bonchev–Trinajstić information content (AvgIpc) is 2.55. The van der Waals surface area contributed by atoms with E-state index < -0.39 is 0 Å². The number of fused-ring (bicyclic) bond motifs is 1. The van der Waals surface area contributed by atoms with Gasteiger partial charge in [0.2, 0.25) is 0 Å². The number of pyridine rings is 1. The van der Waals surface area contributed by atoms with E-state index in [2.05, 4.69) is 17.4 Å². The van der Waals surface area contributed by atoms with Gasteiger partial charge in [-0.05, 0) is 30.1 Å². The van der Waals surface area contributed by atoms with Crippen molar-refractivity contribution in [1.29, 1.82) is 0 Å². The summed E-state index contributed by atoms with van der Waals surface area (Å²) < 4.78 is 1.84. The number of para-hydroxylation sites is 1. The highest BCUT2D eigenvalue weighted by molar-refractivity contribution is 5.78.